The van der Waals surface area contributed by atoms with Crippen molar-refractivity contribution in [2.45, 2.75) is 13.5 Å². The van der Waals surface area contributed by atoms with Crippen LogP contribution in [0.4, 0.5) is 5.95 Å². The van der Waals surface area contributed by atoms with Gasteiger partial charge in [-0.2, -0.15) is 15.0 Å². The number of hydrogen-bond acceptors (Lipinski definition) is 5. The maximum atomic E-state index is 5.70. The molecule has 2 rings (SSSR count). The normalized spacial score (nSPS) is 10.6. The van der Waals surface area contributed by atoms with Gasteiger partial charge in [0, 0.05) is 7.05 Å². The number of anilines is 1. The third-order valence-corrected chi connectivity index (χ3v) is 2.44. The van der Waals surface area contributed by atoms with Crippen LogP contribution in [0.15, 0.2) is 16.5 Å². The quantitative estimate of drug-likeness (QED) is 0.860. The van der Waals surface area contributed by atoms with Gasteiger partial charge in [0.15, 0.2) is 0 Å². The average molecular weight is 273 g/mol. The van der Waals surface area contributed by atoms with Crippen LogP contribution in [-0.2, 0) is 6.54 Å². The van der Waals surface area contributed by atoms with E-state index in [2.05, 4.69) is 15.0 Å². The fourth-order valence-electron chi connectivity index (χ4n) is 1.36. The molecule has 0 radical (unpaired) electrons. The molecule has 0 aromatic carbocycles. The summed E-state index contributed by atoms with van der Waals surface area (Å²) in [6.45, 7) is 2.42. The van der Waals surface area contributed by atoms with E-state index in [0.717, 1.165) is 11.5 Å². The highest BCUT2D eigenvalue weighted by molar-refractivity contribution is 6.31. The Kier molecular flexibility index (Phi) is 3.49. The highest BCUT2D eigenvalue weighted by Gasteiger charge is 2.10. The molecule has 0 amide bonds. The van der Waals surface area contributed by atoms with Crippen LogP contribution in [0.3, 0.4) is 0 Å². The summed E-state index contributed by atoms with van der Waals surface area (Å²) in [4.78, 5) is 13.4. The molecule has 0 saturated heterocycles. The summed E-state index contributed by atoms with van der Waals surface area (Å²) in [7, 11) is 1.82. The summed E-state index contributed by atoms with van der Waals surface area (Å²) in [5.41, 5.74) is 0. The molecule has 0 aliphatic carbocycles. The molecule has 0 bridgehead atoms. The third kappa shape index (κ3) is 3.08. The summed E-state index contributed by atoms with van der Waals surface area (Å²) in [6.07, 6.45) is 0. The molecule has 0 unspecified atom stereocenters. The maximum absolute atomic E-state index is 5.70. The molecule has 17 heavy (non-hydrogen) atoms. The van der Waals surface area contributed by atoms with Gasteiger partial charge in [-0.1, -0.05) is 0 Å². The van der Waals surface area contributed by atoms with Crippen molar-refractivity contribution in [1.29, 1.82) is 0 Å². The van der Waals surface area contributed by atoms with Crippen LogP contribution in [0.25, 0.3) is 0 Å². The SMILES string of the molecule is Cc1ccc(CN(C)c2nc(Cl)nc(Cl)n2)o1. The van der Waals surface area contributed by atoms with Gasteiger partial charge in [0.1, 0.15) is 11.5 Å². The Bertz CT molecular complexity index is 509. The first-order valence-corrected chi connectivity index (χ1v) is 5.64. The molecule has 0 fully saturated rings. The minimum atomic E-state index is 0.0717. The van der Waals surface area contributed by atoms with Crippen LogP contribution < -0.4 is 4.90 Å². The second-order valence-electron chi connectivity index (χ2n) is 3.54. The molecule has 0 spiro atoms. The van der Waals surface area contributed by atoms with E-state index in [-0.39, 0.29) is 10.6 Å². The van der Waals surface area contributed by atoms with E-state index in [1.807, 2.05) is 26.1 Å². The van der Waals surface area contributed by atoms with Crippen molar-refractivity contribution in [2.75, 3.05) is 11.9 Å². The second-order valence-corrected chi connectivity index (χ2v) is 4.22. The predicted octanol–water partition coefficient (Wildman–Crippen LogP) is 2.72. The molecule has 0 saturated carbocycles. The molecule has 2 aromatic rings. The number of furan rings is 1. The zero-order chi connectivity index (χ0) is 12.4. The van der Waals surface area contributed by atoms with Crippen LogP contribution in [0.5, 0.6) is 0 Å². The number of hydrogen-bond donors (Lipinski definition) is 0. The van der Waals surface area contributed by atoms with Gasteiger partial charge < -0.3 is 9.32 Å². The van der Waals surface area contributed by atoms with Gasteiger partial charge in [-0.25, -0.2) is 0 Å². The zero-order valence-corrected chi connectivity index (χ0v) is 10.8. The van der Waals surface area contributed by atoms with Crippen LogP contribution in [0, 0.1) is 6.92 Å². The molecule has 7 heteroatoms. The Morgan fingerprint density at radius 2 is 1.82 bits per heavy atom. The lowest BCUT2D eigenvalue weighted by Gasteiger charge is -2.15. The first-order chi connectivity index (χ1) is 8.04. The Labute approximate surface area is 108 Å². The number of nitrogens with zero attached hydrogens (tertiary/aromatic N) is 4. The molecule has 0 aliphatic rings. The topological polar surface area (TPSA) is 55.1 Å². The fraction of sp³-hybridized carbons (Fsp3) is 0.300. The standard InChI is InChI=1S/C10H10Cl2N4O/c1-6-3-4-7(17-6)5-16(2)10-14-8(11)13-9(12)15-10/h3-4H,5H2,1-2H3. The summed E-state index contributed by atoms with van der Waals surface area (Å²) in [5, 5.41) is 0.143. The van der Waals surface area contributed by atoms with Crippen molar-refractivity contribution in [3.63, 3.8) is 0 Å². The molecular weight excluding hydrogens is 263 g/mol. The van der Waals surface area contributed by atoms with E-state index >= 15 is 0 Å². The van der Waals surface area contributed by atoms with E-state index in [1.165, 1.54) is 0 Å². The average Bonchev–Trinajstić information content (AvgIpc) is 2.62. The van der Waals surface area contributed by atoms with E-state index in [4.69, 9.17) is 27.6 Å². The first-order valence-electron chi connectivity index (χ1n) is 4.88. The van der Waals surface area contributed by atoms with Gasteiger partial charge in [-0.15, -0.1) is 0 Å². The molecule has 0 atom stereocenters. The van der Waals surface area contributed by atoms with Gasteiger partial charge in [0.25, 0.3) is 0 Å². The van der Waals surface area contributed by atoms with Gasteiger partial charge in [-0.05, 0) is 42.3 Å². The summed E-state index contributed by atoms with van der Waals surface area (Å²) in [6, 6.07) is 3.80. The molecular formula is C10H10Cl2N4O. The molecule has 2 heterocycles. The summed E-state index contributed by atoms with van der Waals surface area (Å²) >= 11 is 11.4. The van der Waals surface area contributed by atoms with Crippen LogP contribution in [-0.4, -0.2) is 22.0 Å². The van der Waals surface area contributed by atoms with E-state index in [0.29, 0.717) is 12.5 Å². The molecule has 2 aromatic heterocycles. The van der Waals surface area contributed by atoms with E-state index in [9.17, 15) is 0 Å². The van der Waals surface area contributed by atoms with Gasteiger partial charge >= 0.3 is 0 Å². The molecule has 0 aliphatic heterocycles. The van der Waals surface area contributed by atoms with Crippen molar-refractivity contribution >= 4 is 29.2 Å². The maximum Gasteiger partial charge on any atom is 0.231 e. The number of rotatable bonds is 3. The number of aromatic nitrogens is 3. The van der Waals surface area contributed by atoms with Crippen LogP contribution >= 0.6 is 23.2 Å². The highest BCUT2D eigenvalue weighted by Crippen LogP contribution is 2.16. The lowest BCUT2D eigenvalue weighted by atomic mass is 10.4. The van der Waals surface area contributed by atoms with Crippen LogP contribution in [0.1, 0.15) is 11.5 Å². The lowest BCUT2D eigenvalue weighted by Crippen LogP contribution is -2.19. The molecule has 0 N–H and O–H groups in total. The van der Waals surface area contributed by atoms with E-state index < -0.39 is 0 Å². The van der Waals surface area contributed by atoms with Crippen molar-refractivity contribution in [3.8, 4) is 0 Å². The smallest absolute Gasteiger partial charge is 0.231 e. The Balaban J connectivity index is 2.16. The van der Waals surface area contributed by atoms with Crippen molar-refractivity contribution in [1.82, 2.24) is 15.0 Å². The Morgan fingerprint density at radius 3 is 2.35 bits per heavy atom. The second kappa shape index (κ2) is 4.89. The molecule has 5 nitrogen and oxygen atoms in total. The Morgan fingerprint density at radius 1 is 1.18 bits per heavy atom. The lowest BCUT2D eigenvalue weighted by molar-refractivity contribution is 0.480. The Hall–Kier alpha value is -1.33. The molecule has 90 valence electrons. The van der Waals surface area contributed by atoms with Gasteiger partial charge in [0.2, 0.25) is 16.5 Å². The largest absolute Gasteiger partial charge is 0.464 e. The van der Waals surface area contributed by atoms with Crippen molar-refractivity contribution < 1.29 is 4.42 Å². The number of aryl methyl sites for hydroxylation is 1. The van der Waals surface area contributed by atoms with Gasteiger partial charge in [0.05, 0.1) is 6.54 Å². The monoisotopic (exact) mass is 272 g/mol. The minimum absolute atomic E-state index is 0.0717. The first kappa shape index (κ1) is 12.1. The zero-order valence-electron chi connectivity index (χ0n) is 9.31. The van der Waals surface area contributed by atoms with Crippen LogP contribution in [0.2, 0.25) is 10.6 Å². The van der Waals surface area contributed by atoms with E-state index in [1.54, 1.807) is 4.90 Å². The fourth-order valence-corrected chi connectivity index (χ4v) is 1.72. The van der Waals surface area contributed by atoms with Crippen molar-refractivity contribution in [3.05, 3.63) is 34.2 Å². The third-order valence-electron chi connectivity index (χ3n) is 2.10. The van der Waals surface area contributed by atoms with Gasteiger partial charge in [-0.3, -0.25) is 0 Å². The summed E-state index contributed by atoms with van der Waals surface area (Å²) < 4.78 is 5.46. The summed E-state index contributed by atoms with van der Waals surface area (Å²) in [5.74, 6) is 2.09. The predicted molar refractivity (Wildman–Crippen MR) is 65.4 cm³/mol. The highest BCUT2D eigenvalue weighted by atomic mass is 35.5. The van der Waals surface area contributed by atoms with Crippen molar-refractivity contribution in [2.24, 2.45) is 0 Å². The minimum Gasteiger partial charge on any atom is -0.464 e. The number of halogens is 2.